The van der Waals surface area contributed by atoms with E-state index in [0.29, 0.717) is 5.92 Å². The molecule has 2 nitrogen and oxygen atoms in total. The van der Waals surface area contributed by atoms with Crippen LogP contribution in [0.25, 0.3) is 0 Å². The van der Waals surface area contributed by atoms with Crippen LogP contribution in [0, 0.1) is 5.92 Å². The van der Waals surface area contributed by atoms with Crippen molar-refractivity contribution in [3.05, 3.63) is 35.9 Å². The van der Waals surface area contributed by atoms with Crippen LogP contribution in [0.15, 0.2) is 30.3 Å². The van der Waals surface area contributed by atoms with E-state index in [1.165, 1.54) is 37.7 Å². The van der Waals surface area contributed by atoms with Crippen molar-refractivity contribution in [3.8, 4) is 0 Å². The van der Waals surface area contributed by atoms with Crippen LogP contribution in [0.3, 0.4) is 0 Å². The smallest absolute Gasteiger partial charge is 0.0946 e. The van der Waals surface area contributed by atoms with Gasteiger partial charge in [0.15, 0.2) is 0 Å². The van der Waals surface area contributed by atoms with Crippen LogP contribution in [-0.2, 0) is 11.2 Å². The Morgan fingerprint density at radius 2 is 1.95 bits per heavy atom. The molecule has 1 aromatic carbocycles. The average molecular weight is 274 g/mol. The van der Waals surface area contributed by atoms with E-state index in [4.69, 9.17) is 4.74 Å². The summed E-state index contributed by atoms with van der Waals surface area (Å²) in [7, 11) is 0. The zero-order chi connectivity index (χ0) is 13.8. The van der Waals surface area contributed by atoms with E-state index in [0.717, 1.165) is 25.9 Å². The van der Waals surface area contributed by atoms with E-state index >= 15 is 0 Å². The zero-order valence-electron chi connectivity index (χ0n) is 12.3. The van der Waals surface area contributed by atoms with Gasteiger partial charge in [-0.15, -0.1) is 0 Å². The Hall–Kier alpha value is -0.860. The summed E-state index contributed by atoms with van der Waals surface area (Å²) in [5.41, 5.74) is 1.63. The summed E-state index contributed by atoms with van der Waals surface area (Å²) >= 11 is 0. The lowest BCUT2D eigenvalue weighted by Crippen LogP contribution is -2.34. The molecule has 20 heavy (non-hydrogen) atoms. The maximum absolute atomic E-state index is 9.84. The van der Waals surface area contributed by atoms with Gasteiger partial charge in [-0.3, -0.25) is 0 Å². The molecule has 2 fully saturated rings. The minimum Gasteiger partial charge on any atom is -0.393 e. The van der Waals surface area contributed by atoms with Gasteiger partial charge in [0.1, 0.15) is 0 Å². The first-order valence-electron chi connectivity index (χ1n) is 8.14. The predicted octanol–water partition coefficient (Wildman–Crippen LogP) is 3.72. The molecular formula is C18H26O2. The molecule has 1 aliphatic heterocycles. The van der Waals surface area contributed by atoms with Crippen LogP contribution < -0.4 is 0 Å². The van der Waals surface area contributed by atoms with Crippen molar-refractivity contribution in [2.45, 2.75) is 63.1 Å². The lowest BCUT2D eigenvalue weighted by atomic mass is 9.75. The zero-order valence-corrected chi connectivity index (χ0v) is 12.3. The number of benzene rings is 1. The Balaban J connectivity index is 1.35. The molecule has 0 aromatic heterocycles. The number of hydrogen-bond acceptors (Lipinski definition) is 2. The van der Waals surface area contributed by atoms with Crippen molar-refractivity contribution in [3.63, 3.8) is 0 Å². The molecule has 1 heterocycles. The first kappa shape index (κ1) is 14.1. The molecule has 1 saturated carbocycles. The fourth-order valence-electron chi connectivity index (χ4n) is 3.67. The summed E-state index contributed by atoms with van der Waals surface area (Å²) in [4.78, 5) is 0. The molecule has 3 atom stereocenters. The summed E-state index contributed by atoms with van der Waals surface area (Å²) < 4.78 is 5.71. The van der Waals surface area contributed by atoms with Crippen molar-refractivity contribution < 1.29 is 9.84 Å². The fourth-order valence-corrected chi connectivity index (χ4v) is 3.67. The Kier molecular flexibility index (Phi) is 4.42. The highest BCUT2D eigenvalue weighted by Crippen LogP contribution is 2.48. The Labute approximate surface area is 122 Å². The third-order valence-corrected chi connectivity index (χ3v) is 5.08. The molecule has 1 aromatic rings. The number of unbranched alkanes of at least 4 members (excludes halogenated alkanes) is 2. The Morgan fingerprint density at radius 1 is 1.15 bits per heavy atom. The minimum absolute atomic E-state index is 0.0841. The average Bonchev–Trinajstić information content (AvgIpc) is 3.24. The van der Waals surface area contributed by atoms with Gasteiger partial charge in [0.05, 0.1) is 18.3 Å². The van der Waals surface area contributed by atoms with Crippen LogP contribution >= 0.6 is 0 Å². The Morgan fingerprint density at radius 3 is 2.70 bits per heavy atom. The topological polar surface area (TPSA) is 32.8 Å². The molecular weight excluding hydrogens is 248 g/mol. The van der Waals surface area contributed by atoms with Crippen LogP contribution in [0.1, 0.15) is 50.5 Å². The van der Waals surface area contributed by atoms with E-state index in [2.05, 4.69) is 30.3 Å². The van der Waals surface area contributed by atoms with Crippen LogP contribution in [0.4, 0.5) is 0 Å². The standard InChI is InChI=1S/C18H26O2/c19-17-11-12-18(14-20-18)16(13-17)10-6-2-5-9-15-7-3-1-4-8-15/h1,3-4,7-8,16-17,19H,2,5-6,9-14H2/t16-,17+,18-/m1/s1. The highest BCUT2D eigenvalue weighted by atomic mass is 16.6. The van der Waals surface area contributed by atoms with Crippen molar-refractivity contribution >= 4 is 0 Å². The van der Waals surface area contributed by atoms with Gasteiger partial charge in [0.25, 0.3) is 0 Å². The van der Waals surface area contributed by atoms with Gasteiger partial charge in [0.2, 0.25) is 0 Å². The number of ether oxygens (including phenoxy) is 1. The lowest BCUT2D eigenvalue weighted by molar-refractivity contribution is 0.0439. The van der Waals surface area contributed by atoms with Gasteiger partial charge in [0, 0.05) is 0 Å². The van der Waals surface area contributed by atoms with E-state index in [1.54, 1.807) is 0 Å². The molecule has 2 aliphatic rings. The van der Waals surface area contributed by atoms with E-state index in [9.17, 15) is 5.11 Å². The highest BCUT2D eigenvalue weighted by molar-refractivity contribution is 5.14. The molecule has 0 unspecified atom stereocenters. The monoisotopic (exact) mass is 274 g/mol. The second-order valence-electron chi connectivity index (χ2n) is 6.56. The number of aliphatic hydroxyl groups is 1. The highest BCUT2D eigenvalue weighted by Gasteiger charge is 2.53. The predicted molar refractivity (Wildman–Crippen MR) is 80.6 cm³/mol. The number of rotatable bonds is 6. The van der Waals surface area contributed by atoms with Crippen LogP contribution in [0.5, 0.6) is 0 Å². The molecule has 2 heteroatoms. The third kappa shape index (κ3) is 3.42. The Bertz CT molecular complexity index is 411. The molecule has 1 spiro atoms. The van der Waals surface area contributed by atoms with Gasteiger partial charge in [-0.2, -0.15) is 0 Å². The van der Waals surface area contributed by atoms with Gasteiger partial charge in [-0.25, -0.2) is 0 Å². The lowest BCUT2D eigenvalue weighted by Gasteiger charge is -2.32. The summed E-state index contributed by atoms with van der Waals surface area (Å²) in [5.74, 6) is 0.600. The second kappa shape index (κ2) is 6.28. The SMILES string of the molecule is O[C@H]1CC[C@@]2(CO2)[C@H](CCCCCc2ccccc2)C1. The molecule has 0 radical (unpaired) electrons. The molecule has 3 rings (SSSR count). The molecule has 1 N–H and O–H groups in total. The fraction of sp³-hybridized carbons (Fsp3) is 0.667. The first-order valence-corrected chi connectivity index (χ1v) is 8.14. The normalized spacial score (nSPS) is 32.5. The van der Waals surface area contributed by atoms with E-state index in [1.807, 2.05) is 0 Å². The number of aliphatic hydroxyl groups excluding tert-OH is 1. The van der Waals surface area contributed by atoms with Gasteiger partial charge in [-0.05, 0) is 50.0 Å². The summed E-state index contributed by atoms with van der Waals surface area (Å²) in [6, 6.07) is 10.7. The van der Waals surface area contributed by atoms with Crippen LogP contribution in [-0.4, -0.2) is 23.4 Å². The molecule has 1 saturated heterocycles. The molecule has 1 aliphatic carbocycles. The van der Waals surface area contributed by atoms with E-state index < -0.39 is 0 Å². The van der Waals surface area contributed by atoms with Crippen molar-refractivity contribution in [1.29, 1.82) is 0 Å². The van der Waals surface area contributed by atoms with Gasteiger partial charge in [-0.1, -0.05) is 43.2 Å². The van der Waals surface area contributed by atoms with Gasteiger partial charge >= 0.3 is 0 Å². The quantitative estimate of drug-likeness (QED) is 0.633. The maximum atomic E-state index is 9.84. The minimum atomic E-state index is -0.0841. The molecule has 0 bridgehead atoms. The number of hydrogen-bond donors (Lipinski definition) is 1. The van der Waals surface area contributed by atoms with Crippen LogP contribution in [0.2, 0.25) is 0 Å². The number of aryl methyl sites for hydroxylation is 1. The first-order chi connectivity index (χ1) is 9.78. The molecule has 110 valence electrons. The van der Waals surface area contributed by atoms with E-state index in [-0.39, 0.29) is 11.7 Å². The largest absolute Gasteiger partial charge is 0.393 e. The summed E-state index contributed by atoms with van der Waals surface area (Å²) in [5, 5.41) is 9.84. The summed E-state index contributed by atoms with van der Waals surface area (Å²) in [6.07, 6.45) is 9.13. The van der Waals surface area contributed by atoms with Crippen molar-refractivity contribution in [1.82, 2.24) is 0 Å². The van der Waals surface area contributed by atoms with Crippen molar-refractivity contribution in [2.75, 3.05) is 6.61 Å². The number of epoxide rings is 1. The summed E-state index contributed by atoms with van der Waals surface area (Å²) in [6.45, 7) is 0.939. The van der Waals surface area contributed by atoms with Crippen molar-refractivity contribution in [2.24, 2.45) is 5.92 Å². The molecule has 0 amide bonds. The maximum Gasteiger partial charge on any atom is 0.0946 e. The van der Waals surface area contributed by atoms with Gasteiger partial charge < -0.3 is 9.84 Å². The third-order valence-electron chi connectivity index (χ3n) is 5.08. The second-order valence-corrected chi connectivity index (χ2v) is 6.56.